The first kappa shape index (κ1) is 25.7. The summed E-state index contributed by atoms with van der Waals surface area (Å²) >= 11 is 3.55. The van der Waals surface area contributed by atoms with E-state index in [1.165, 1.54) is 0 Å². The van der Waals surface area contributed by atoms with E-state index in [9.17, 15) is 9.59 Å². The van der Waals surface area contributed by atoms with Gasteiger partial charge in [0.2, 0.25) is 0 Å². The molecule has 0 bridgehead atoms. The van der Waals surface area contributed by atoms with Gasteiger partial charge in [-0.25, -0.2) is 19.1 Å². The Bertz CT molecular complexity index is 1120. The lowest BCUT2D eigenvalue weighted by atomic mass is 9.73. The van der Waals surface area contributed by atoms with Crippen LogP contribution in [0, 0.1) is 12.3 Å². The van der Waals surface area contributed by atoms with Gasteiger partial charge in [0, 0.05) is 24.6 Å². The van der Waals surface area contributed by atoms with Crippen LogP contribution in [0.5, 0.6) is 0 Å². The zero-order valence-corrected chi connectivity index (χ0v) is 22.8. The molecule has 1 amide bonds. The lowest BCUT2D eigenvalue weighted by Crippen LogP contribution is -2.55. The zero-order chi connectivity index (χ0) is 25.5. The Kier molecular flexibility index (Phi) is 7.02. The Balaban J connectivity index is 1.56. The maximum atomic E-state index is 12.5. The summed E-state index contributed by atoms with van der Waals surface area (Å²) in [7, 11) is 0. The van der Waals surface area contributed by atoms with Crippen molar-refractivity contribution in [3.63, 3.8) is 0 Å². The molecule has 0 unspecified atom stereocenters. The maximum Gasteiger partial charge on any atom is 0.407 e. The SMILES string of the molecule is CCOC(=O)c1cc2c(N3CCC4(CC3)CO[C@@H](C)[C@H]4NC(=O)OC(C)(C)C)nc(C)c(Br)n2n1. The third kappa shape index (κ3) is 5.11. The minimum atomic E-state index is -0.562. The van der Waals surface area contributed by atoms with E-state index in [0.717, 1.165) is 43.0 Å². The van der Waals surface area contributed by atoms with Crippen molar-refractivity contribution in [1.82, 2.24) is 19.9 Å². The number of nitrogens with zero attached hydrogens (tertiary/aromatic N) is 4. The summed E-state index contributed by atoms with van der Waals surface area (Å²) in [6.07, 6.45) is 1.12. The summed E-state index contributed by atoms with van der Waals surface area (Å²) in [5, 5.41) is 7.53. The fraction of sp³-hybridized carbons (Fsp3) is 0.667. The number of fused-ring (bicyclic) bond motifs is 1. The molecule has 10 nitrogen and oxygen atoms in total. The lowest BCUT2D eigenvalue weighted by Gasteiger charge is -2.43. The quantitative estimate of drug-likeness (QED) is 0.570. The van der Waals surface area contributed by atoms with Crippen molar-refractivity contribution in [2.45, 2.75) is 72.1 Å². The molecule has 0 saturated carbocycles. The van der Waals surface area contributed by atoms with E-state index < -0.39 is 17.7 Å². The van der Waals surface area contributed by atoms with Crippen molar-refractivity contribution in [1.29, 1.82) is 0 Å². The number of aromatic nitrogens is 3. The van der Waals surface area contributed by atoms with E-state index in [4.69, 9.17) is 19.2 Å². The van der Waals surface area contributed by atoms with E-state index in [-0.39, 0.29) is 29.9 Å². The van der Waals surface area contributed by atoms with E-state index in [2.05, 4.69) is 31.2 Å². The van der Waals surface area contributed by atoms with Gasteiger partial charge in [0.15, 0.2) is 11.5 Å². The Morgan fingerprint density at radius 1 is 1.31 bits per heavy atom. The molecule has 192 valence electrons. The number of anilines is 1. The molecule has 35 heavy (non-hydrogen) atoms. The highest BCUT2D eigenvalue weighted by Crippen LogP contribution is 2.43. The summed E-state index contributed by atoms with van der Waals surface area (Å²) in [4.78, 5) is 31.9. The number of piperidine rings is 1. The van der Waals surface area contributed by atoms with E-state index in [0.29, 0.717) is 11.2 Å². The van der Waals surface area contributed by atoms with Gasteiger partial charge in [-0.1, -0.05) is 0 Å². The van der Waals surface area contributed by atoms with Crippen molar-refractivity contribution in [3.05, 3.63) is 22.1 Å². The zero-order valence-electron chi connectivity index (χ0n) is 21.2. The van der Waals surface area contributed by atoms with Crippen molar-refractivity contribution in [2.24, 2.45) is 5.41 Å². The molecule has 2 atom stereocenters. The second-order valence-electron chi connectivity index (χ2n) is 10.3. The predicted molar refractivity (Wildman–Crippen MR) is 134 cm³/mol. The average molecular weight is 552 g/mol. The number of halogens is 1. The lowest BCUT2D eigenvalue weighted by molar-refractivity contribution is 0.0433. The molecule has 1 N–H and O–H groups in total. The first-order valence-electron chi connectivity index (χ1n) is 12.0. The van der Waals surface area contributed by atoms with Gasteiger partial charge in [-0.3, -0.25) is 0 Å². The third-order valence-corrected chi connectivity index (χ3v) is 7.58. The van der Waals surface area contributed by atoms with E-state index in [1.807, 2.05) is 34.6 Å². The molecular formula is C24H34BrN5O5. The minimum absolute atomic E-state index is 0.101. The van der Waals surface area contributed by atoms with Gasteiger partial charge in [-0.05, 0) is 70.3 Å². The predicted octanol–water partition coefficient (Wildman–Crippen LogP) is 3.88. The van der Waals surface area contributed by atoms with Gasteiger partial charge in [-0.15, -0.1) is 0 Å². The van der Waals surface area contributed by atoms with Crippen molar-refractivity contribution >= 4 is 39.3 Å². The Labute approximate surface area is 213 Å². The molecule has 4 rings (SSSR count). The monoisotopic (exact) mass is 551 g/mol. The number of aryl methyl sites for hydroxylation is 1. The summed E-state index contributed by atoms with van der Waals surface area (Å²) in [6.45, 7) is 13.6. The number of esters is 1. The number of carbonyl (C=O) groups is 2. The van der Waals surface area contributed by atoms with Crippen LogP contribution in [0.3, 0.4) is 0 Å². The van der Waals surface area contributed by atoms with E-state index in [1.54, 1.807) is 17.5 Å². The molecule has 0 aliphatic carbocycles. The number of rotatable bonds is 4. The van der Waals surface area contributed by atoms with Crippen molar-refractivity contribution in [3.8, 4) is 0 Å². The van der Waals surface area contributed by atoms with Crippen LogP contribution in [-0.4, -0.2) is 70.7 Å². The summed E-state index contributed by atoms with van der Waals surface area (Å²) in [6, 6.07) is 1.59. The van der Waals surface area contributed by atoms with Crippen molar-refractivity contribution < 1.29 is 23.8 Å². The largest absolute Gasteiger partial charge is 0.461 e. The molecule has 2 aromatic rings. The second-order valence-corrected chi connectivity index (χ2v) is 11.1. The van der Waals surface area contributed by atoms with Crippen LogP contribution in [0.25, 0.3) is 5.52 Å². The number of hydrogen-bond donors (Lipinski definition) is 1. The number of carbonyl (C=O) groups excluding carboxylic acids is 2. The highest BCUT2D eigenvalue weighted by Gasteiger charge is 2.50. The van der Waals surface area contributed by atoms with Crippen LogP contribution in [-0.2, 0) is 14.2 Å². The molecule has 0 aromatic carbocycles. The summed E-state index contributed by atoms with van der Waals surface area (Å²) in [5.41, 5.74) is 1.01. The molecule has 4 heterocycles. The molecule has 2 aliphatic heterocycles. The van der Waals surface area contributed by atoms with Crippen LogP contribution >= 0.6 is 15.9 Å². The maximum absolute atomic E-state index is 12.5. The van der Waals surface area contributed by atoms with Crippen LogP contribution in [0.4, 0.5) is 10.6 Å². The second kappa shape index (κ2) is 9.57. The number of alkyl carbamates (subject to hydrolysis) is 1. The normalized spacial score (nSPS) is 22.0. The fourth-order valence-corrected chi connectivity index (χ4v) is 5.31. The Hall–Kier alpha value is -2.40. The standard InChI is InChI=1S/C24H34BrN5O5/c1-7-33-21(31)16-12-17-20(26-14(2)19(25)30(17)28-16)29-10-8-24(9-11-29)13-34-15(3)18(24)27-22(32)35-23(4,5)6/h12,15,18H,7-11,13H2,1-6H3,(H,27,32)/t15-,18+/m0/s1. The summed E-state index contributed by atoms with van der Waals surface area (Å²) in [5.74, 6) is 0.310. The fourth-order valence-electron chi connectivity index (χ4n) is 4.95. The smallest absolute Gasteiger partial charge is 0.407 e. The Morgan fingerprint density at radius 3 is 2.63 bits per heavy atom. The molecule has 2 saturated heterocycles. The summed E-state index contributed by atoms with van der Waals surface area (Å²) < 4.78 is 19.0. The number of ether oxygens (including phenoxy) is 3. The number of amides is 1. The van der Waals surface area contributed by atoms with Gasteiger partial charge < -0.3 is 24.4 Å². The molecule has 0 radical (unpaired) electrons. The minimum Gasteiger partial charge on any atom is -0.461 e. The van der Waals surface area contributed by atoms with Gasteiger partial charge >= 0.3 is 12.1 Å². The number of hydrogen-bond acceptors (Lipinski definition) is 8. The van der Waals surface area contributed by atoms with Gasteiger partial charge in [-0.2, -0.15) is 5.10 Å². The highest BCUT2D eigenvalue weighted by molar-refractivity contribution is 9.10. The first-order chi connectivity index (χ1) is 16.4. The van der Waals surface area contributed by atoms with Crippen LogP contribution in [0.2, 0.25) is 0 Å². The van der Waals surface area contributed by atoms with Crippen molar-refractivity contribution in [2.75, 3.05) is 31.2 Å². The van der Waals surface area contributed by atoms with Crippen LogP contribution < -0.4 is 10.2 Å². The van der Waals surface area contributed by atoms with Gasteiger partial charge in [0.1, 0.15) is 15.7 Å². The number of nitrogens with one attached hydrogen (secondary N) is 1. The molecule has 1 spiro atoms. The molecule has 2 fully saturated rings. The first-order valence-corrected chi connectivity index (χ1v) is 12.8. The van der Waals surface area contributed by atoms with Gasteiger partial charge in [0.05, 0.1) is 31.1 Å². The molecular weight excluding hydrogens is 518 g/mol. The molecule has 2 aromatic heterocycles. The Morgan fingerprint density at radius 2 is 2.00 bits per heavy atom. The average Bonchev–Trinajstić information content (AvgIpc) is 3.35. The van der Waals surface area contributed by atoms with Crippen LogP contribution in [0.1, 0.15) is 63.6 Å². The third-order valence-electron chi connectivity index (χ3n) is 6.67. The van der Waals surface area contributed by atoms with E-state index >= 15 is 0 Å². The van der Waals surface area contributed by atoms with Gasteiger partial charge in [0.25, 0.3) is 0 Å². The molecule has 11 heteroatoms. The van der Waals surface area contributed by atoms with Crippen LogP contribution in [0.15, 0.2) is 10.7 Å². The molecule has 2 aliphatic rings. The topological polar surface area (TPSA) is 107 Å². The highest BCUT2D eigenvalue weighted by atomic mass is 79.9.